The molecule has 0 spiro atoms. The van der Waals surface area contributed by atoms with Crippen molar-refractivity contribution in [1.29, 1.82) is 0 Å². The van der Waals surface area contributed by atoms with Crippen LogP contribution in [0.15, 0.2) is 24.3 Å². The minimum absolute atomic E-state index is 0.0658. The summed E-state index contributed by atoms with van der Waals surface area (Å²) in [5.74, 6) is 0.844. The molecule has 1 saturated heterocycles. The number of hydrogen-bond donors (Lipinski definition) is 3. The quantitative estimate of drug-likeness (QED) is 0.757. The molecule has 0 saturated carbocycles. The normalized spacial score (nSPS) is 16.4. The number of rotatable bonds is 4. The number of phenolic OH excluding ortho intramolecular Hbond substituents is 1. The van der Waals surface area contributed by atoms with Crippen molar-refractivity contribution in [2.75, 3.05) is 19.6 Å². The van der Waals surface area contributed by atoms with Gasteiger partial charge in [0.15, 0.2) is 0 Å². The summed E-state index contributed by atoms with van der Waals surface area (Å²) < 4.78 is 0. The molecule has 0 radical (unpaired) electrons. The average molecular weight is 248 g/mol. The van der Waals surface area contributed by atoms with Gasteiger partial charge in [0.05, 0.1) is 0 Å². The largest absolute Gasteiger partial charge is 0.508 e. The summed E-state index contributed by atoms with van der Waals surface area (Å²) in [5, 5.41) is 15.4. The lowest BCUT2D eigenvalue weighted by molar-refractivity contribution is 0.0950. The highest BCUT2D eigenvalue weighted by atomic mass is 16.3. The van der Waals surface area contributed by atoms with Crippen LogP contribution in [0.5, 0.6) is 5.75 Å². The molecule has 4 heteroatoms. The molecule has 1 aromatic rings. The molecule has 1 aliphatic heterocycles. The van der Waals surface area contributed by atoms with E-state index in [1.54, 1.807) is 12.1 Å². The molecule has 2 rings (SSSR count). The lowest BCUT2D eigenvalue weighted by Crippen LogP contribution is -2.31. The maximum absolute atomic E-state index is 11.8. The van der Waals surface area contributed by atoms with Gasteiger partial charge in [-0.25, -0.2) is 0 Å². The smallest absolute Gasteiger partial charge is 0.251 e. The molecule has 0 unspecified atom stereocenters. The van der Waals surface area contributed by atoms with Gasteiger partial charge in [0.25, 0.3) is 5.91 Å². The summed E-state index contributed by atoms with van der Waals surface area (Å²) in [4.78, 5) is 11.8. The first-order chi connectivity index (χ1) is 8.75. The number of amides is 1. The van der Waals surface area contributed by atoms with E-state index in [1.807, 2.05) is 0 Å². The van der Waals surface area contributed by atoms with Crippen LogP contribution in [0.3, 0.4) is 0 Å². The van der Waals surface area contributed by atoms with Crippen molar-refractivity contribution < 1.29 is 9.90 Å². The zero-order valence-electron chi connectivity index (χ0n) is 10.5. The van der Waals surface area contributed by atoms with Crippen LogP contribution in [-0.2, 0) is 0 Å². The van der Waals surface area contributed by atoms with Crippen LogP contribution in [0, 0.1) is 5.92 Å². The van der Waals surface area contributed by atoms with E-state index >= 15 is 0 Å². The fourth-order valence-electron chi connectivity index (χ4n) is 2.28. The zero-order chi connectivity index (χ0) is 12.8. The molecule has 98 valence electrons. The highest BCUT2D eigenvalue weighted by molar-refractivity contribution is 5.94. The minimum Gasteiger partial charge on any atom is -0.508 e. The molecule has 1 heterocycles. The second-order valence-electron chi connectivity index (χ2n) is 4.78. The number of benzene rings is 1. The number of phenols is 1. The lowest BCUT2D eigenvalue weighted by atomic mass is 9.95. The Morgan fingerprint density at radius 1 is 1.28 bits per heavy atom. The minimum atomic E-state index is -0.0658. The van der Waals surface area contributed by atoms with Crippen molar-refractivity contribution in [1.82, 2.24) is 10.6 Å². The SMILES string of the molecule is O=C(NCCC1CCNCC1)c1ccc(O)cc1. The predicted octanol–water partition coefficient (Wildman–Crippen LogP) is 1.51. The maximum Gasteiger partial charge on any atom is 0.251 e. The molecule has 1 aliphatic rings. The van der Waals surface area contributed by atoms with Crippen LogP contribution in [0.25, 0.3) is 0 Å². The van der Waals surface area contributed by atoms with Crippen molar-refractivity contribution in [3.05, 3.63) is 29.8 Å². The van der Waals surface area contributed by atoms with Crippen molar-refractivity contribution in [3.8, 4) is 5.75 Å². The van der Waals surface area contributed by atoms with E-state index in [0.29, 0.717) is 5.56 Å². The van der Waals surface area contributed by atoms with Crippen molar-refractivity contribution in [2.24, 2.45) is 5.92 Å². The Balaban J connectivity index is 1.72. The van der Waals surface area contributed by atoms with Crippen LogP contribution in [0.1, 0.15) is 29.6 Å². The summed E-state index contributed by atoms with van der Waals surface area (Å²) in [6.07, 6.45) is 3.45. The first-order valence-electron chi connectivity index (χ1n) is 6.53. The number of aromatic hydroxyl groups is 1. The van der Waals surface area contributed by atoms with Gasteiger partial charge in [0, 0.05) is 12.1 Å². The van der Waals surface area contributed by atoms with Crippen molar-refractivity contribution in [3.63, 3.8) is 0 Å². The highest BCUT2D eigenvalue weighted by Crippen LogP contribution is 2.15. The van der Waals surface area contributed by atoms with Crippen LogP contribution >= 0.6 is 0 Å². The van der Waals surface area contributed by atoms with Gasteiger partial charge in [0.2, 0.25) is 0 Å². The van der Waals surface area contributed by atoms with Crippen molar-refractivity contribution >= 4 is 5.91 Å². The van der Waals surface area contributed by atoms with Gasteiger partial charge >= 0.3 is 0 Å². The van der Waals surface area contributed by atoms with Gasteiger partial charge in [-0.1, -0.05) is 0 Å². The third kappa shape index (κ3) is 3.74. The van der Waals surface area contributed by atoms with Gasteiger partial charge in [-0.15, -0.1) is 0 Å². The summed E-state index contributed by atoms with van der Waals surface area (Å²) in [7, 11) is 0. The topological polar surface area (TPSA) is 61.4 Å². The monoisotopic (exact) mass is 248 g/mol. The van der Waals surface area contributed by atoms with E-state index in [2.05, 4.69) is 10.6 Å². The van der Waals surface area contributed by atoms with Crippen LogP contribution in [0.4, 0.5) is 0 Å². The van der Waals surface area contributed by atoms with E-state index < -0.39 is 0 Å². The van der Waals surface area contributed by atoms with E-state index in [1.165, 1.54) is 25.0 Å². The van der Waals surface area contributed by atoms with Gasteiger partial charge in [-0.3, -0.25) is 4.79 Å². The Kier molecular flexibility index (Phi) is 4.59. The number of carbonyl (C=O) groups excluding carboxylic acids is 1. The fourth-order valence-corrected chi connectivity index (χ4v) is 2.28. The maximum atomic E-state index is 11.8. The summed E-state index contributed by atoms with van der Waals surface area (Å²) in [5.41, 5.74) is 0.595. The van der Waals surface area contributed by atoms with Gasteiger partial charge in [-0.05, 0) is 62.5 Å². The zero-order valence-corrected chi connectivity index (χ0v) is 10.5. The highest BCUT2D eigenvalue weighted by Gasteiger charge is 2.13. The van der Waals surface area contributed by atoms with Crippen LogP contribution in [-0.4, -0.2) is 30.6 Å². The molecule has 1 amide bonds. The number of nitrogens with one attached hydrogen (secondary N) is 2. The molecule has 1 aromatic carbocycles. The second-order valence-corrected chi connectivity index (χ2v) is 4.78. The summed E-state index contributed by atoms with van der Waals surface area (Å²) in [6, 6.07) is 6.33. The Morgan fingerprint density at radius 3 is 2.61 bits per heavy atom. The molecular weight excluding hydrogens is 228 g/mol. The average Bonchev–Trinajstić information content (AvgIpc) is 2.40. The summed E-state index contributed by atoms with van der Waals surface area (Å²) >= 11 is 0. The number of piperidine rings is 1. The fraction of sp³-hybridized carbons (Fsp3) is 0.500. The van der Waals surface area contributed by atoms with E-state index in [-0.39, 0.29) is 11.7 Å². The van der Waals surface area contributed by atoms with Gasteiger partial charge < -0.3 is 15.7 Å². The molecule has 0 aliphatic carbocycles. The first kappa shape index (κ1) is 12.9. The second kappa shape index (κ2) is 6.40. The molecule has 0 aromatic heterocycles. The van der Waals surface area contributed by atoms with Crippen LogP contribution in [0.2, 0.25) is 0 Å². The Hall–Kier alpha value is -1.55. The van der Waals surface area contributed by atoms with Crippen molar-refractivity contribution in [2.45, 2.75) is 19.3 Å². The van der Waals surface area contributed by atoms with Gasteiger partial charge in [-0.2, -0.15) is 0 Å². The Labute approximate surface area is 107 Å². The molecule has 3 N–H and O–H groups in total. The molecule has 0 atom stereocenters. The van der Waals surface area contributed by atoms with Gasteiger partial charge in [0.1, 0.15) is 5.75 Å². The Bertz CT molecular complexity index is 383. The molecule has 18 heavy (non-hydrogen) atoms. The molecule has 4 nitrogen and oxygen atoms in total. The third-order valence-corrected chi connectivity index (χ3v) is 3.43. The third-order valence-electron chi connectivity index (χ3n) is 3.43. The number of hydrogen-bond acceptors (Lipinski definition) is 3. The van der Waals surface area contributed by atoms with E-state index in [9.17, 15) is 4.79 Å². The molecular formula is C14H20N2O2. The predicted molar refractivity (Wildman–Crippen MR) is 70.7 cm³/mol. The number of carbonyl (C=O) groups is 1. The molecule has 1 fully saturated rings. The van der Waals surface area contributed by atoms with E-state index in [4.69, 9.17) is 5.11 Å². The molecule has 0 bridgehead atoms. The standard InChI is InChI=1S/C14H20N2O2/c17-13-3-1-12(2-4-13)14(18)16-10-7-11-5-8-15-9-6-11/h1-4,11,15,17H,5-10H2,(H,16,18). The van der Waals surface area contributed by atoms with E-state index in [0.717, 1.165) is 32.0 Å². The lowest BCUT2D eigenvalue weighted by Gasteiger charge is -2.22. The first-order valence-corrected chi connectivity index (χ1v) is 6.53. The van der Waals surface area contributed by atoms with Crippen LogP contribution < -0.4 is 10.6 Å². The Morgan fingerprint density at radius 2 is 1.94 bits per heavy atom. The summed E-state index contributed by atoms with van der Waals surface area (Å²) in [6.45, 7) is 2.91.